The number of hydrogen-bond donors (Lipinski definition) is 1. The monoisotopic (exact) mass is 347 g/mol. The van der Waals surface area contributed by atoms with E-state index in [0.717, 1.165) is 5.69 Å². The molecule has 3 aromatic rings. The van der Waals surface area contributed by atoms with Gasteiger partial charge in [-0.1, -0.05) is 39.0 Å². The molecule has 1 aromatic carbocycles. The molecular formula is C21H21N3O2. The molecule has 0 unspecified atom stereocenters. The highest BCUT2D eigenvalue weighted by molar-refractivity contribution is 5.89. The number of carbonyl (C=O) groups is 1. The molecule has 26 heavy (non-hydrogen) atoms. The summed E-state index contributed by atoms with van der Waals surface area (Å²) in [5.41, 5.74) is 2.22. The summed E-state index contributed by atoms with van der Waals surface area (Å²) in [6.45, 7) is 6.46. The van der Waals surface area contributed by atoms with Crippen molar-refractivity contribution in [1.29, 1.82) is 0 Å². The van der Waals surface area contributed by atoms with Gasteiger partial charge in [-0.15, -0.1) is 0 Å². The summed E-state index contributed by atoms with van der Waals surface area (Å²) in [4.78, 5) is 22.1. The van der Waals surface area contributed by atoms with Gasteiger partial charge in [0.1, 0.15) is 11.6 Å². The first-order valence-corrected chi connectivity index (χ1v) is 8.37. The van der Waals surface area contributed by atoms with Gasteiger partial charge >= 0.3 is 5.97 Å². The van der Waals surface area contributed by atoms with Crippen LogP contribution in [-0.2, 0) is 5.41 Å². The molecule has 0 amide bonds. The van der Waals surface area contributed by atoms with E-state index in [2.05, 4.69) is 42.9 Å². The number of anilines is 3. The summed E-state index contributed by atoms with van der Waals surface area (Å²) in [6, 6.07) is 16.8. The smallest absolute Gasteiger partial charge is 0.335 e. The maximum absolute atomic E-state index is 11.4. The van der Waals surface area contributed by atoms with Crippen molar-refractivity contribution >= 4 is 23.3 Å². The van der Waals surface area contributed by atoms with Gasteiger partial charge in [0.05, 0.1) is 5.56 Å². The molecule has 0 saturated heterocycles. The fourth-order valence-corrected chi connectivity index (χ4v) is 2.65. The predicted molar refractivity (Wildman–Crippen MR) is 102 cm³/mol. The molecule has 0 atom stereocenters. The molecule has 5 nitrogen and oxygen atoms in total. The van der Waals surface area contributed by atoms with E-state index in [9.17, 15) is 9.90 Å². The minimum absolute atomic E-state index is 0.0118. The second kappa shape index (κ2) is 6.96. The normalized spacial score (nSPS) is 11.2. The third kappa shape index (κ3) is 3.72. The number of carboxylic acid groups (broad SMARTS) is 1. The molecule has 1 N–H and O–H groups in total. The van der Waals surface area contributed by atoms with E-state index in [1.165, 1.54) is 17.8 Å². The zero-order valence-corrected chi connectivity index (χ0v) is 15.0. The number of rotatable bonds is 4. The number of hydrogen-bond acceptors (Lipinski definition) is 4. The largest absolute Gasteiger partial charge is 0.478 e. The lowest BCUT2D eigenvalue weighted by Crippen LogP contribution is -2.16. The molecule has 132 valence electrons. The number of aromatic carboxylic acids is 1. The first kappa shape index (κ1) is 17.6. The van der Waals surface area contributed by atoms with Crippen LogP contribution in [0.2, 0.25) is 0 Å². The van der Waals surface area contributed by atoms with Crippen LogP contribution >= 0.6 is 0 Å². The fourth-order valence-electron chi connectivity index (χ4n) is 2.65. The minimum Gasteiger partial charge on any atom is -0.478 e. The first-order chi connectivity index (χ1) is 12.4. The van der Waals surface area contributed by atoms with Crippen molar-refractivity contribution in [3.05, 3.63) is 78.1 Å². The van der Waals surface area contributed by atoms with Gasteiger partial charge < -0.3 is 5.11 Å². The molecule has 0 radical (unpaired) electrons. The molecule has 2 heterocycles. The number of benzene rings is 1. The molecule has 0 aliphatic heterocycles. The van der Waals surface area contributed by atoms with Crippen LogP contribution in [0.15, 0.2) is 67.0 Å². The molecule has 0 aliphatic carbocycles. The van der Waals surface area contributed by atoms with Crippen LogP contribution in [0.25, 0.3) is 0 Å². The Bertz CT molecular complexity index is 918. The maximum Gasteiger partial charge on any atom is 0.335 e. The highest BCUT2D eigenvalue weighted by Gasteiger charge is 2.19. The minimum atomic E-state index is -0.988. The number of pyridine rings is 2. The molecular weight excluding hydrogens is 326 g/mol. The quantitative estimate of drug-likeness (QED) is 0.724. The molecule has 0 spiro atoms. The average molecular weight is 347 g/mol. The standard InChI is InChI=1S/C21H21N3O2/c1-21(2,3)16-7-6-8-17(14-16)24(18-9-4-5-11-22-18)19-13-15(20(25)26)10-12-23-19/h4-14H,1-3H3,(H,25,26). The van der Waals surface area contributed by atoms with Gasteiger partial charge in [0.2, 0.25) is 0 Å². The highest BCUT2D eigenvalue weighted by atomic mass is 16.4. The predicted octanol–water partition coefficient (Wildman–Crippen LogP) is 4.94. The third-order valence-electron chi connectivity index (χ3n) is 4.07. The summed E-state index contributed by atoms with van der Waals surface area (Å²) >= 11 is 0. The van der Waals surface area contributed by atoms with E-state index < -0.39 is 5.97 Å². The average Bonchev–Trinajstić information content (AvgIpc) is 2.63. The summed E-state index contributed by atoms with van der Waals surface area (Å²) in [5.74, 6) is 0.196. The Kier molecular flexibility index (Phi) is 4.71. The van der Waals surface area contributed by atoms with Gasteiger partial charge in [-0.25, -0.2) is 14.8 Å². The maximum atomic E-state index is 11.4. The van der Waals surface area contributed by atoms with E-state index in [1.54, 1.807) is 12.3 Å². The van der Waals surface area contributed by atoms with Crippen molar-refractivity contribution < 1.29 is 9.90 Å². The van der Waals surface area contributed by atoms with Crippen molar-refractivity contribution in [3.63, 3.8) is 0 Å². The molecule has 0 aliphatic rings. The third-order valence-corrected chi connectivity index (χ3v) is 4.07. The van der Waals surface area contributed by atoms with E-state index in [1.807, 2.05) is 35.2 Å². The van der Waals surface area contributed by atoms with E-state index in [4.69, 9.17) is 0 Å². The second-order valence-corrected chi connectivity index (χ2v) is 7.03. The molecule has 0 fully saturated rings. The summed E-state index contributed by atoms with van der Waals surface area (Å²) in [5, 5.41) is 9.32. The van der Waals surface area contributed by atoms with Gasteiger partial charge in [0.25, 0.3) is 0 Å². The molecule has 5 heteroatoms. The van der Waals surface area contributed by atoms with Crippen LogP contribution in [0.1, 0.15) is 36.7 Å². The Labute approximate surface area is 153 Å². The number of nitrogens with zero attached hydrogens (tertiary/aromatic N) is 3. The Morgan fingerprint density at radius 2 is 1.69 bits per heavy atom. The Balaban J connectivity index is 2.17. The summed E-state index contributed by atoms with van der Waals surface area (Å²) < 4.78 is 0. The van der Waals surface area contributed by atoms with Crippen LogP contribution in [0.4, 0.5) is 17.3 Å². The molecule has 2 aromatic heterocycles. The van der Waals surface area contributed by atoms with Crippen LogP contribution in [0, 0.1) is 0 Å². The van der Waals surface area contributed by atoms with E-state index >= 15 is 0 Å². The van der Waals surface area contributed by atoms with Crippen molar-refractivity contribution in [3.8, 4) is 0 Å². The van der Waals surface area contributed by atoms with Crippen molar-refractivity contribution in [2.24, 2.45) is 0 Å². The number of carboxylic acids is 1. The lowest BCUT2D eigenvalue weighted by atomic mass is 9.87. The molecule has 0 bridgehead atoms. The van der Waals surface area contributed by atoms with Crippen LogP contribution in [0.5, 0.6) is 0 Å². The summed E-state index contributed by atoms with van der Waals surface area (Å²) in [7, 11) is 0. The first-order valence-electron chi connectivity index (χ1n) is 8.37. The van der Waals surface area contributed by atoms with Gasteiger partial charge in [-0.2, -0.15) is 0 Å². The zero-order valence-electron chi connectivity index (χ0n) is 15.0. The molecule has 3 rings (SSSR count). The van der Waals surface area contributed by atoms with Crippen LogP contribution in [-0.4, -0.2) is 21.0 Å². The van der Waals surface area contributed by atoms with Crippen LogP contribution in [0.3, 0.4) is 0 Å². The van der Waals surface area contributed by atoms with Gasteiger partial charge in [0, 0.05) is 18.1 Å². The highest BCUT2D eigenvalue weighted by Crippen LogP contribution is 2.34. The topological polar surface area (TPSA) is 66.3 Å². The van der Waals surface area contributed by atoms with Crippen molar-refractivity contribution in [1.82, 2.24) is 9.97 Å². The fraction of sp³-hybridized carbons (Fsp3) is 0.190. The lowest BCUT2D eigenvalue weighted by molar-refractivity contribution is 0.0697. The van der Waals surface area contributed by atoms with E-state index in [-0.39, 0.29) is 11.0 Å². The molecule has 0 saturated carbocycles. The van der Waals surface area contributed by atoms with Gasteiger partial charge in [-0.05, 0) is 47.4 Å². The van der Waals surface area contributed by atoms with Gasteiger partial charge in [0.15, 0.2) is 0 Å². The zero-order chi connectivity index (χ0) is 18.7. The van der Waals surface area contributed by atoms with Gasteiger partial charge in [-0.3, -0.25) is 4.90 Å². The van der Waals surface area contributed by atoms with Crippen molar-refractivity contribution in [2.45, 2.75) is 26.2 Å². The second-order valence-electron chi connectivity index (χ2n) is 7.03. The van der Waals surface area contributed by atoms with Crippen LogP contribution < -0.4 is 4.90 Å². The summed E-state index contributed by atoms with van der Waals surface area (Å²) in [6.07, 6.45) is 3.21. The lowest BCUT2D eigenvalue weighted by Gasteiger charge is -2.26. The number of aromatic nitrogens is 2. The SMILES string of the molecule is CC(C)(C)c1cccc(N(c2ccccn2)c2cc(C(=O)O)ccn2)c1. The Hall–Kier alpha value is -3.21. The Morgan fingerprint density at radius 3 is 2.35 bits per heavy atom. The van der Waals surface area contributed by atoms with E-state index in [0.29, 0.717) is 11.6 Å². The van der Waals surface area contributed by atoms with Crippen molar-refractivity contribution in [2.75, 3.05) is 4.90 Å². The Morgan fingerprint density at radius 1 is 0.923 bits per heavy atom.